The van der Waals surface area contributed by atoms with Gasteiger partial charge in [-0.15, -0.1) is 0 Å². The van der Waals surface area contributed by atoms with Gasteiger partial charge in [-0.3, -0.25) is 5.10 Å². The fraction of sp³-hybridized carbons (Fsp3) is 0.0909. The number of halogens is 3. The SMILES string of the molecule is Fc1ccc([CH]c2cn[nH]c2)cc1C(F)F. The number of nitrogens with zero attached hydrogens (tertiary/aromatic N) is 1. The molecule has 2 rings (SSSR count). The second-order valence-corrected chi connectivity index (χ2v) is 3.26. The smallest absolute Gasteiger partial charge is 0.266 e. The van der Waals surface area contributed by atoms with Gasteiger partial charge in [0.2, 0.25) is 0 Å². The molecule has 2 nitrogen and oxygen atoms in total. The topological polar surface area (TPSA) is 28.7 Å². The number of hydrogen-bond donors (Lipinski definition) is 1. The van der Waals surface area contributed by atoms with Crippen molar-refractivity contribution >= 4 is 0 Å². The van der Waals surface area contributed by atoms with Crippen LogP contribution in [-0.4, -0.2) is 10.2 Å². The van der Waals surface area contributed by atoms with Crippen LogP contribution >= 0.6 is 0 Å². The van der Waals surface area contributed by atoms with E-state index in [2.05, 4.69) is 10.2 Å². The van der Waals surface area contributed by atoms with E-state index in [1.807, 2.05) is 0 Å². The zero-order valence-corrected chi connectivity index (χ0v) is 8.12. The van der Waals surface area contributed by atoms with E-state index in [1.54, 1.807) is 18.8 Å². The normalized spacial score (nSPS) is 11.0. The first-order chi connectivity index (χ1) is 7.66. The van der Waals surface area contributed by atoms with E-state index in [-0.39, 0.29) is 0 Å². The van der Waals surface area contributed by atoms with Gasteiger partial charge in [0, 0.05) is 12.6 Å². The second-order valence-electron chi connectivity index (χ2n) is 3.26. The van der Waals surface area contributed by atoms with Gasteiger partial charge in [0.15, 0.2) is 0 Å². The Morgan fingerprint density at radius 3 is 2.69 bits per heavy atom. The lowest BCUT2D eigenvalue weighted by Gasteiger charge is -2.04. The highest BCUT2D eigenvalue weighted by atomic mass is 19.3. The Kier molecular flexibility index (Phi) is 2.94. The number of H-pyrrole nitrogens is 1. The summed E-state index contributed by atoms with van der Waals surface area (Å²) < 4.78 is 37.8. The van der Waals surface area contributed by atoms with Crippen LogP contribution in [0.15, 0.2) is 30.6 Å². The Bertz CT molecular complexity index is 466. The summed E-state index contributed by atoms with van der Waals surface area (Å²) in [5, 5.41) is 6.31. The molecule has 0 saturated heterocycles. The second kappa shape index (κ2) is 4.38. The van der Waals surface area contributed by atoms with E-state index in [1.165, 1.54) is 6.07 Å². The quantitative estimate of drug-likeness (QED) is 0.854. The van der Waals surface area contributed by atoms with Gasteiger partial charge >= 0.3 is 0 Å². The predicted molar refractivity (Wildman–Crippen MR) is 52.4 cm³/mol. The molecule has 0 aliphatic rings. The van der Waals surface area contributed by atoms with Crippen LogP contribution in [0.3, 0.4) is 0 Å². The van der Waals surface area contributed by atoms with Crippen LogP contribution in [0.4, 0.5) is 13.2 Å². The van der Waals surface area contributed by atoms with Crippen LogP contribution in [0, 0.1) is 12.2 Å². The van der Waals surface area contributed by atoms with Crippen molar-refractivity contribution in [2.75, 3.05) is 0 Å². The molecule has 0 aliphatic carbocycles. The molecular weight excluding hydrogens is 217 g/mol. The maximum atomic E-state index is 13.0. The van der Waals surface area contributed by atoms with Gasteiger partial charge < -0.3 is 0 Å². The fourth-order valence-electron chi connectivity index (χ4n) is 1.35. The van der Waals surface area contributed by atoms with Gasteiger partial charge in [0.1, 0.15) is 5.82 Å². The molecule has 0 fully saturated rings. The molecule has 1 aromatic carbocycles. The van der Waals surface area contributed by atoms with Gasteiger partial charge in [-0.1, -0.05) is 6.07 Å². The van der Waals surface area contributed by atoms with Crippen molar-refractivity contribution < 1.29 is 13.2 Å². The Morgan fingerprint density at radius 2 is 2.06 bits per heavy atom. The summed E-state index contributed by atoms with van der Waals surface area (Å²) in [6.45, 7) is 0. The van der Waals surface area contributed by atoms with Gasteiger partial charge in [0.05, 0.1) is 11.8 Å². The lowest BCUT2D eigenvalue weighted by molar-refractivity contribution is 0.146. The average molecular weight is 225 g/mol. The third kappa shape index (κ3) is 2.24. The summed E-state index contributed by atoms with van der Waals surface area (Å²) in [5.41, 5.74) is 0.669. The van der Waals surface area contributed by atoms with E-state index in [0.29, 0.717) is 5.56 Å². The highest BCUT2D eigenvalue weighted by Crippen LogP contribution is 2.24. The highest BCUT2D eigenvalue weighted by molar-refractivity contribution is 5.37. The monoisotopic (exact) mass is 225 g/mol. The standard InChI is InChI=1S/C11H8F3N2/c12-10-2-1-7(4-9(10)11(13)14)3-8-5-15-16-6-8/h1-6,11H,(H,15,16). The summed E-state index contributed by atoms with van der Waals surface area (Å²) >= 11 is 0. The average Bonchev–Trinajstić information content (AvgIpc) is 2.73. The van der Waals surface area contributed by atoms with Crippen LogP contribution in [0.25, 0.3) is 0 Å². The summed E-state index contributed by atoms with van der Waals surface area (Å²) in [6.07, 6.45) is 1.99. The van der Waals surface area contributed by atoms with Gasteiger partial charge in [-0.05, 0) is 23.3 Å². The van der Waals surface area contributed by atoms with Crippen molar-refractivity contribution in [3.63, 3.8) is 0 Å². The minimum atomic E-state index is -2.81. The minimum Gasteiger partial charge on any atom is -0.285 e. The summed E-state index contributed by atoms with van der Waals surface area (Å²) in [7, 11) is 0. The van der Waals surface area contributed by atoms with Gasteiger partial charge in [0.25, 0.3) is 6.43 Å². The first kappa shape index (κ1) is 10.7. The maximum Gasteiger partial charge on any atom is 0.266 e. The van der Waals surface area contributed by atoms with Crippen molar-refractivity contribution in [3.8, 4) is 0 Å². The molecule has 0 unspecified atom stereocenters. The molecule has 0 atom stereocenters. The van der Waals surface area contributed by atoms with Crippen molar-refractivity contribution in [1.82, 2.24) is 10.2 Å². The van der Waals surface area contributed by atoms with Crippen LogP contribution in [0.1, 0.15) is 23.1 Å². The third-order valence-corrected chi connectivity index (χ3v) is 2.11. The highest BCUT2D eigenvalue weighted by Gasteiger charge is 2.13. The molecule has 83 valence electrons. The van der Waals surface area contributed by atoms with Crippen LogP contribution in [-0.2, 0) is 0 Å². The van der Waals surface area contributed by atoms with Crippen molar-refractivity contribution in [2.24, 2.45) is 0 Å². The number of aromatic nitrogens is 2. The van der Waals surface area contributed by atoms with E-state index in [0.717, 1.165) is 17.7 Å². The zero-order chi connectivity index (χ0) is 11.5. The summed E-state index contributed by atoms with van der Waals surface area (Å²) in [4.78, 5) is 0. The molecular formula is C11H8F3N2. The van der Waals surface area contributed by atoms with E-state index in [9.17, 15) is 13.2 Å². The Balaban J connectivity index is 2.26. The Hall–Kier alpha value is -1.78. The molecule has 0 spiro atoms. The number of benzene rings is 1. The van der Waals surface area contributed by atoms with E-state index in [4.69, 9.17) is 0 Å². The zero-order valence-electron chi connectivity index (χ0n) is 8.12. The van der Waals surface area contributed by atoms with Gasteiger partial charge in [-0.2, -0.15) is 5.10 Å². The van der Waals surface area contributed by atoms with Crippen LogP contribution < -0.4 is 0 Å². The fourth-order valence-corrected chi connectivity index (χ4v) is 1.35. The summed E-state index contributed by atoms with van der Waals surface area (Å²) in [5.74, 6) is -0.889. The lowest BCUT2D eigenvalue weighted by atomic mass is 10.0. The molecule has 1 aromatic heterocycles. The number of nitrogens with one attached hydrogen (secondary N) is 1. The lowest BCUT2D eigenvalue weighted by Crippen LogP contribution is -1.93. The molecule has 16 heavy (non-hydrogen) atoms. The molecule has 0 aliphatic heterocycles. The Labute approximate surface area is 90.1 Å². The first-order valence-corrected chi connectivity index (χ1v) is 4.58. The molecule has 0 bridgehead atoms. The predicted octanol–water partition coefficient (Wildman–Crippen LogP) is 3.09. The van der Waals surface area contributed by atoms with Crippen molar-refractivity contribution in [1.29, 1.82) is 0 Å². The summed E-state index contributed by atoms with van der Waals surface area (Å²) in [6, 6.07) is 3.61. The first-order valence-electron chi connectivity index (χ1n) is 4.58. The number of alkyl halides is 2. The van der Waals surface area contributed by atoms with Gasteiger partial charge in [-0.25, -0.2) is 13.2 Å². The van der Waals surface area contributed by atoms with Crippen molar-refractivity contribution in [2.45, 2.75) is 6.43 Å². The Morgan fingerprint density at radius 1 is 1.25 bits per heavy atom. The molecule has 0 amide bonds. The minimum absolute atomic E-state index is 0.512. The largest absolute Gasteiger partial charge is 0.285 e. The van der Waals surface area contributed by atoms with E-state index < -0.39 is 17.8 Å². The molecule has 1 N–H and O–H groups in total. The van der Waals surface area contributed by atoms with E-state index >= 15 is 0 Å². The van der Waals surface area contributed by atoms with Crippen LogP contribution in [0.5, 0.6) is 0 Å². The third-order valence-electron chi connectivity index (χ3n) is 2.11. The van der Waals surface area contributed by atoms with Crippen molar-refractivity contribution in [3.05, 3.63) is 59.5 Å². The number of hydrogen-bond acceptors (Lipinski definition) is 1. The maximum absolute atomic E-state index is 13.0. The number of aromatic amines is 1. The molecule has 1 radical (unpaired) electrons. The molecule has 2 aromatic rings. The molecule has 5 heteroatoms. The number of rotatable bonds is 3. The molecule has 0 saturated carbocycles. The van der Waals surface area contributed by atoms with Crippen LogP contribution in [0.2, 0.25) is 0 Å². The molecule has 1 heterocycles.